The summed E-state index contributed by atoms with van der Waals surface area (Å²) in [6.45, 7) is 1.76. The number of sulfonamides is 1. The summed E-state index contributed by atoms with van der Waals surface area (Å²) in [6.07, 6.45) is 2.67. The molecule has 1 aromatic carbocycles. The first-order valence-electron chi connectivity index (χ1n) is 6.40. The van der Waals surface area contributed by atoms with Crippen LogP contribution in [0.4, 0.5) is 4.39 Å². The molecule has 120 valence electrons. The van der Waals surface area contributed by atoms with Gasteiger partial charge in [-0.15, -0.1) is 0 Å². The first kappa shape index (κ1) is 18.9. The van der Waals surface area contributed by atoms with Crippen molar-refractivity contribution in [2.24, 2.45) is 5.73 Å². The van der Waals surface area contributed by atoms with Crippen LogP contribution in [0.15, 0.2) is 21.5 Å². The summed E-state index contributed by atoms with van der Waals surface area (Å²) < 4.78 is 41.2. The van der Waals surface area contributed by atoms with E-state index in [-0.39, 0.29) is 23.0 Å². The van der Waals surface area contributed by atoms with Crippen LogP contribution in [0.3, 0.4) is 0 Å². The molecule has 0 aliphatic rings. The van der Waals surface area contributed by atoms with Gasteiger partial charge in [0.05, 0.1) is 0 Å². The number of rotatable bonds is 7. The van der Waals surface area contributed by atoms with E-state index in [9.17, 15) is 12.8 Å². The standard InChI is InChI=1S/C13H20BrFN2O2S2/c1-9(4-5-20-3)17(2)21(18,19)12-7-11(14)6-10(8-16)13(12)15/h6-7,9H,4-5,8,16H2,1-3H3. The van der Waals surface area contributed by atoms with Crippen LogP contribution in [-0.4, -0.2) is 37.8 Å². The van der Waals surface area contributed by atoms with Crippen molar-refractivity contribution < 1.29 is 12.8 Å². The zero-order valence-electron chi connectivity index (χ0n) is 12.3. The summed E-state index contributed by atoms with van der Waals surface area (Å²) in [6, 6.07) is 2.56. The van der Waals surface area contributed by atoms with Gasteiger partial charge in [-0.2, -0.15) is 16.1 Å². The molecule has 8 heteroatoms. The third-order valence-corrected chi connectivity index (χ3v) is 6.39. The largest absolute Gasteiger partial charge is 0.326 e. The SMILES string of the molecule is CSCCC(C)N(C)S(=O)(=O)c1cc(Br)cc(CN)c1F. The minimum Gasteiger partial charge on any atom is -0.326 e. The number of nitrogens with two attached hydrogens (primary N) is 1. The fourth-order valence-electron chi connectivity index (χ4n) is 1.82. The molecular formula is C13H20BrFN2O2S2. The predicted molar refractivity (Wildman–Crippen MR) is 89.4 cm³/mol. The molecule has 0 saturated heterocycles. The Hall–Kier alpha value is -0.150. The first-order chi connectivity index (χ1) is 9.75. The molecule has 0 aliphatic carbocycles. The van der Waals surface area contributed by atoms with E-state index in [1.54, 1.807) is 11.8 Å². The molecule has 1 rings (SSSR count). The summed E-state index contributed by atoms with van der Waals surface area (Å²) >= 11 is 4.85. The van der Waals surface area contributed by atoms with Gasteiger partial charge in [0.1, 0.15) is 10.7 Å². The minimum atomic E-state index is -3.89. The van der Waals surface area contributed by atoms with Crippen LogP contribution in [0.1, 0.15) is 18.9 Å². The van der Waals surface area contributed by atoms with Crippen molar-refractivity contribution in [2.75, 3.05) is 19.1 Å². The highest BCUT2D eigenvalue weighted by atomic mass is 79.9. The van der Waals surface area contributed by atoms with Crippen molar-refractivity contribution in [1.29, 1.82) is 0 Å². The predicted octanol–water partition coefficient (Wildman–Crippen LogP) is 2.81. The van der Waals surface area contributed by atoms with Crippen LogP contribution in [0.2, 0.25) is 0 Å². The monoisotopic (exact) mass is 398 g/mol. The molecule has 1 aromatic rings. The topological polar surface area (TPSA) is 63.4 Å². The van der Waals surface area contributed by atoms with Crippen molar-refractivity contribution >= 4 is 37.7 Å². The summed E-state index contributed by atoms with van der Waals surface area (Å²) in [4.78, 5) is -0.337. The third kappa shape index (κ3) is 4.41. The molecule has 0 radical (unpaired) electrons. The molecule has 21 heavy (non-hydrogen) atoms. The first-order valence-corrected chi connectivity index (χ1v) is 10.0. The minimum absolute atomic E-state index is 0.0560. The van der Waals surface area contributed by atoms with Crippen LogP contribution in [-0.2, 0) is 16.6 Å². The highest BCUT2D eigenvalue weighted by Crippen LogP contribution is 2.27. The van der Waals surface area contributed by atoms with Gasteiger partial charge < -0.3 is 5.73 Å². The van der Waals surface area contributed by atoms with Crippen molar-refractivity contribution in [3.63, 3.8) is 0 Å². The van der Waals surface area contributed by atoms with Crippen LogP contribution < -0.4 is 5.73 Å². The van der Waals surface area contributed by atoms with Crippen LogP contribution >= 0.6 is 27.7 Å². The van der Waals surface area contributed by atoms with E-state index in [4.69, 9.17) is 5.73 Å². The van der Waals surface area contributed by atoms with Gasteiger partial charge in [-0.25, -0.2) is 12.8 Å². The van der Waals surface area contributed by atoms with Crippen molar-refractivity contribution in [3.8, 4) is 0 Å². The summed E-state index contributed by atoms with van der Waals surface area (Å²) in [5.41, 5.74) is 5.64. The van der Waals surface area contributed by atoms with E-state index in [2.05, 4.69) is 15.9 Å². The maximum Gasteiger partial charge on any atom is 0.246 e. The lowest BCUT2D eigenvalue weighted by molar-refractivity contribution is 0.379. The zero-order valence-corrected chi connectivity index (χ0v) is 15.5. The molecule has 0 saturated carbocycles. The fourth-order valence-corrected chi connectivity index (χ4v) is 4.57. The Bertz CT molecular complexity index is 596. The summed E-state index contributed by atoms with van der Waals surface area (Å²) in [5.74, 6) is 0.0698. The average Bonchev–Trinajstić information content (AvgIpc) is 2.45. The normalized spacial score (nSPS) is 13.7. The van der Waals surface area contributed by atoms with Gasteiger partial charge in [0, 0.05) is 29.7 Å². The second kappa shape index (κ2) is 7.92. The molecule has 2 N–H and O–H groups in total. The van der Waals surface area contributed by atoms with E-state index in [0.29, 0.717) is 10.9 Å². The Morgan fingerprint density at radius 1 is 1.48 bits per heavy atom. The molecular weight excluding hydrogens is 379 g/mol. The van der Waals surface area contributed by atoms with Crippen molar-refractivity contribution in [1.82, 2.24) is 4.31 Å². The van der Waals surface area contributed by atoms with Gasteiger partial charge in [-0.3, -0.25) is 0 Å². The number of nitrogens with zero attached hydrogens (tertiary/aromatic N) is 1. The van der Waals surface area contributed by atoms with Gasteiger partial charge >= 0.3 is 0 Å². The number of thioether (sulfide) groups is 1. The number of hydrogen-bond donors (Lipinski definition) is 1. The molecule has 0 spiro atoms. The Morgan fingerprint density at radius 2 is 2.10 bits per heavy atom. The van der Waals surface area contributed by atoms with E-state index >= 15 is 0 Å². The van der Waals surface area contributed by atoms with Crippen LogP contribution in [0.25, 0.3) is 0 Å². The van der Waals surface area contributed by atoms with Crippen molar-refractivity contribution in [2.45, 2.75) is 30.8 Å². The quantitative estimate of drug-likeness (QED) is 0.766. The highest BCUT2D eigenvalue weighted by Gasteiger charge is 2.29. The second-order valence-electron chi connectivity index (χ2n) is 4.73. The highest BCUT2D eigenvalue weighted by molar-refractivity contribution is 9.10. The molecule has 0 aromatic heterocycles. The zero-order chi connectivity index (χ0) is 16.2. The van der Waals surface area contributed by atoms with Gasteiger partial charge in [0.2, 0.25) is 10.0 Å². The number of halogens is 2. The molecule has 0 heterocycles. The Kier molecular flexibility index (Phi) is 7.12. The lowest BCUT2D eigenvalue weighted by atomic mass is 10.2. The average molecular weight is 399 g/mol. The molecule has 0 amide bonds. The fraction of sp³-hybridized carbons (Fsp3) is 0.538. The smallest absolute Gasteiger partial charge is 0.246 e. The van der Waals surface area contributed by atoms with E-state index in [1.165, 1.54) is 23.5 Å². The molecule has 1 atom stereocenters. The van der Waals surface area contributed by atoms with E-state index < -0.39 is 15.8 Å². The Balaban J connectivity index is 3.21. The molecule has 1 unspecified atom stereocenters. The van der Waals surface area contributed by atoms with E-state index in [0.717, 1.165) is 5.75 Å². The van der Waals surface area contributed by atoms with Gasteiger partial charge in [-0.05, 0) is 37.5 Å². The van der Waals surface area contributed by atoms with Gasteiger partial charge in [-0.1, -0.05) is 15.9 Å². The van der Waals surface area contributed by atoms with Crippen LogP contribution in [0.5, 0.6) is 0 Å². The van der Waals surface area contributed by atoms with E-state index in [1.807, 2.05) is 13.2 Å². The van der Waals surface area contributed by atoms with Crippen molar-refractivity contribution in [3.05, 3.63) is 28.0 Å². The van der Waals surface area contributed by atoms with Gasteiger partial charge in [0.15, 0.2) is 0 Å². The lowest BCUT2D eigenvalue weighted by Gasteiger charge is -2.24. The van der Waals surface area contributed by atoms with Gasteiger partial charge in [0.25, 0.3) is 0 Å². The second-order valence-corrected chi connectivity index (χ2v) is 8.60. The maximum atomic E-state index is 14.3. The Morgan fingerprint density at radius 3 is 2.62 bits per heavy atom. The molecule has 4 nitrogen and oxygen atoms in total. The number of hydrogen-bond acceptors (Lipinski definition) is 4. The number of benzene rings is 1. The third-order valence-electron chi connectivity index (χ3n) is 3.32. The lowest BCUT2D eigenvalue weighted by Crippen LogP contribution is -2.36. The molecule has 0 fully saturated rings. The summed E-state index contributed by atoms with van der Waals surface area (Å²) in [5, 5.41) is 0. The van der Waals surface area contributed by atoms with Crippen LogP contribution in [0, 0.1) is 5.82 Å². The molecule has 0 bridgehead atoms. The molecule has 0 aliphatic heterocycles. The maximum absolute atomic E-state index is 14.3. The Labute approximate surface area is 138 Å². The summed E-state index contributed by atoms with van der Waals surface area (Å²) in [7, 11) is -2.42.